The summed E-state index contributed by atoms with van der Waals surface area (Å²) < 4.78 is 1.76. The van der Waals surface area contributed by atoms with Crippen molar-refractivity contribution in [1.82, 2.24) is 20.0 Å². The fourth-order valence-electron chi connectivity index (χ4n) is 4.37. The van der Waals surface area contributed by atoms with Crippen LogP contribution < -0.4 is 5.32 Å². The summed E-state index contributed by atoms with van der Waals surface area (Å²) in [5, 5.41) is 7.63. The van der Waals surface area contributed by atoms with Crippen LogP contribution in [0.25, 0.3) is 0 Å². The Balaban J connectivity index is 1.34. The normalized spacial score (nSPS) is 17.5. The summed E-state index contributed by atoms with van der Waals surface area (Å²) in [6.07, 6.45) is 8.30. The van der Waals surface area contributed by atoms with Gasteiger partial charge in [0.2, 0.25) is 0 Å². The number of nitrogens with one attached hydrogen (secondary N) is 1. The molecule has 1 aliphatic carbocycles. The molecular formula is C22H30N4O. The maximum atomic E-state index is 12.7. The zero-order chi connectivity index (χ0) is 18.6. The number of hydrogen-bond donors (Lipinski definition) is 1. The zero-order valence-corrected chi connectivity index (χ0v) is 16.3. The van der Waals surface area contributed by atoms with Crippen LogP contribution in [0.4, 0.5) is 0 Å². The first kappa shape index (κ1) is 18.2. The molecule has 2 heterocycles. The predicted molar refractivity (Wildman–Crippen MR) is 107 cm³/mol. The minimum absolute atomic E-state index is 0.00876. The van der Waals surface area contributed by atoms with Crippen molar-refractivity contribution in [3.63, 3.8) is 0 Å². The van der Waals surface area contributed by atoms with E-state index in [2.05, 4.69) is 39.6 Å². The van der Waals surface area contributed by atoms with Gasteiger partial charge in [0.1, 0.15) is 5.69 Å². The van der Waals surface area contributed by atoms with Crippen LogP contribution >= 0.6 is 0 Å². The molecule has 27 heavy (non-hydrogen) atoms. The Morgan fingerprint density at radius 2 is 1.70 bits per heavy atom. The van der Waals surface area contributed by atoms with E-state index < -0.39 is 0 Å². The van der Waals surface area contributed by atoms with Gasteiger partial charge in [-0.25, -0.2) is 0 Å². The molecule has 1 aliphatic heterocycles. The van der Waals surface area contributed by atoms with E-state index in [1.54, 1.807) is 4.68 Å². The highest BCUT2D eigenvalue weighted by molar-refractivity contribution is 5.94. The Hall–Kier alpha value is -2.14. The first-order valence-corrected chi connectivity index (χ1v) is 10.3. The first-order valence-electron chi connectivity index (χ1n) is 10.3. The molecule has 1 aromatic heterocycles. The molecule has 0 unspecified atom stereocenters. The lowest BCUT2D eigenvalue weighted by Crippen LogP contribution is -2.29. The number of nitrogens with zero attached hydrogens (tertiary/aromatic N) is 3. The number of carbonyl (C=O) groups excluding carboxylic acids is 1. The molecule has 0 radical (unpaired) electrons. The van der Waals surface area contributed by atoms with E-state index in [9.17, 15) is 4.79 Å². The van der Waals surface area contributed by atoms with Crippen molar-refractivity contribution in [3.05, 3.63) is 52.3 Å². The fourth-order valence-corrected chi connectivity index (χ4v) is 4.37. The molecular weight excluding hydrogens is 336 g/mol. The van der Waals surface area contributed by atoms with E-state index in [1.807, 2.05) is 7.05 Å². The molecule has 144 valence electrons. The summed E-state index contributed by atoms with van der Waals surface area (Å²) in [5.41, 5.74) is 5.50. The first-order chi connectivity index (χ1) is 13.2. The van der Waals surface area contributed by atoms with E-state index in [4.69, 9.17) is 0 Å². The lowest BCUT2D eigenvalue weighted by atomic mass is 9.95. The average Bonchev–Trinajstić information content (AvgIpc) is 3.04. The van der Waals surface area contributed by atoms with Crippen molar-refractivity contribution in [2.24, 2.45) is 7.05 Å². The number of hydrogen-bond acceptors (Lipinski definition) is 3. The third-order valence-electron chi connectivity index (χ3n) is 5.86. The molecule has 0 atom stereocenters. The van der Waals surface area contributed by atoms with Crippen molar-refractivity contribution in [1.29, 1.82) is 0 Å². The van der Waals surface area contributed by atoms with Crippen molar-refractivity contribution in [3.8, 4) is 0 Å². The third kappa shape index (κ3) is 4.24. The zero-order valence-electron chi connectivity index (χ0n) is 16.3. The summed E-state index contributed by atoms with van der Waals surface area (Å²) in [6, 6.07) is 8.67. The molecule has 1 fully saturated rings. The van der Waals surface area contributed by atoms with Gasteiger partial charge in [-0.15, -0.1) is 0 Å². The number of amides is 1. The largest absolute Gasteiger partial charge is 0.347 e. The number of aryl methyl sites for hydroxylation is 2. The Kier molecular flexibility index (Phi) is 5.58. The molecule has 0 saturated carbocycles. The fraction of sp³-hybridized carbons (Fsp3) is 0.545. The van der Waals surface area contributed by atoms with Gasteiger partial charge in [0.15, 0.2) is 0 Å². The molecule has 5 heteroatoms. The quantitative estimate of drug-likeness (QED) is 0.884. The maximum absolute atomic E-state index is 12.7. The predicted octanol–water partition coefficient (Wildman–Crippen LogP) is 3.21. The van der Waals surface area contributed by atoms with E-state index in [-0.39, 0.29) is 5.91 Å². The van der Waals surface area contributed by atoms with Crippen molar-refractivity contribution in [2.75, 3.05) is 13.1 Å². The summed E-state index contributed by atoms with van der Waals surface area (Å²) >= 11 is 0. The number of likely N-dealkylation sites (tertiary alicyclic amines) is 1. The molecule has 0 spiro atoms. The Bertz CT molecular complexity index is 787. The van der Waals surface area contributed by atoms with Crippen LogP contribution in [0.3, 0.4) is 0 Å². The minimum Gasteiger partial charge on any atom is -0.347 e. The molecule has 2 aromatic rings. The number of aromatic nitrogens is 2. The molecule has 2 aliphatic rings. The minimum atomic E-state index is -0.00876. The van der Waals surface area contributed by atoms with Crippen LogP contribution in [0.5, 0.6) is 0 Å². The number of benzene rings is 1. The van der Waals surface area contributed by atoms with Crippen molar-refractivity contribution < 1.29 is 4.79 Å². The van der Waals surface area contributed by atoms with Crippen LogP contribution in [0, 0.1) is 0 Å². The van der Waals surface area contributed by atoms with E-state index in [0.717, 1.165) is 48.3 Å². The maximum Gasteiger partial charge on any atom is 0.270 e. The molecule has 1 N–H and O–H groups in total. The smallest absolute Gasteiger partial charge is 0.270 e. The summed E-state index contributed by atoms with van der Waals surface area (Å²) in [6.45, 7) is 4.02. The Labute approximate surface area is 161 Å². The van der Waals surface area contributed by atoms with Gasteiger partial charge in [-0.3, -0.25) is 14.4 Å². The lowest BCUT2D eigenvalue weighted by molar-refractivity contribution is 0.0940. The van der Waals surface area contributed by atoms with Crippen LogP contribution in [-0.2, 0) is 33.0 Å². The second kappa shape index (κ2) is 8.26. The van der Waals surface area contributed by atoms with Gasteiger partial charge in [-0.05, 0) is 62.7 Å². The number of rotatable bonds is 5. The number of carbonyl (C=O) groups is 1. The molecule has 1 amide bonds. The highest BCUT2D eigenvalue weighted by atomic mass is 16.2. The number of piperidine rings is 1. The Morgan fingerprint density at radius 3 is 2.48 bits per heavy atom. The highest BCUT2D eigenvalue weighted by Gasteiger charge is 2.23. The van der Waals surface area contributed by atoms with Crippen LogP contribution in [0.15, 0.2) is 24.3 Å². The summed E-state index contributed by atoms with van der Waals surface area (Å²) in [4.78, 5) is 15.3. The Morgan fingerprint density at radius 1 is 1.00 bits per heavy atom. The second-order valence-electron chi connectivity index (χ2n) is 7.94. The van der Waals surface area contributed by atoms with Gasteiger partial charge >= 0.3 is 0 Å². The van der Waals surface area contributed by atoms with Gasteiger partial charge < -0.3 is 5.32 Å². The van der Waals surface area contributed by atoms with Gasteiger partial charge in [0.25, 0.3) is 5.91 Å². The summed E-state index contributed by atoms with van der Waals surface area (Å²) in [7, 11) is 1.88. The topological polar surface area (TPSA) is 50.2 Å². The summed E-state index contributed by atoms with van der Waals surface area (Å²) in [5.74, 6) is -0.00876. The standard InChI is InChI=1S/C22H30N4O/c1-25-21(19-7-3-4-8-20(19)24-25)22(27)23-15-17-9-11-18(12-10-17)16-26-13-5-2-6-14-26/h9-12H,2-8,13-16H2,1H3,(H,23,27). The number of fused-ring (bicyclic) bond motifs is 1. The lowest BCUT2D eigenvalue weighted by Gasteiger charge is -2.26. The van der Waals surface area contributed by atoms with Crippen LogP contribution in [0.1, 0.15) is 65.0 Å². The monoisotopic (exact) mass is 366 g/mol. The van der Waals surface area contributed by atoms with Crippen molar-refractivity contribution in [2.45, 2.75) is 58.0 Å². The average molecular weight is 367 g/mol. The van der Waals surface area contributed by atoms with Gasteiger partial charge in [-0.2, -0.15) is 5.10 Å². The van der Waals surface area contributed by atoms with Gasteiger partial charge in [0.05, 0.1) is 5.69 Å². The van der Waals surface area contributed by atoms with Crippen molar-refractivity contribution >= 4 is 5.91 Å². The molecule has 0 bridgehead atoms. The van der Waals surface area contributed by atoms with Crippen LogP contribution in [0.2, 0.25) is 0 Å². The third-order valence-corrected chi connectivity index (χ3v) is 5.86. The molecule has 5 nitrogen and oxygen atoms in total. The molecule has 1 aromatic carbocycles. The molecule has 4 rings (SSSR count). The van der Waals surface area contributed by atoms with E-state index >= 15 is 0 Å². The molecule has 1 saturated heterocycles. The van der Waals surface area contributed by atoms with Crippen LogP contribution in [-0.4, -0.2) is 33.7 Å². The SMILES string of the molecule is Cn1nc2c(c1C(=O)NCc1ccc(CN3CCCCC3)cc1)CCCC2. The van der Waals surface area contributed by atoms with Gasteiger partial charge in [0, 0.05) is 25.7 Å². The van der Waals surface area contributed by atoms with E-state index in [1.165, 1.54) is 44.3 Å². The highest BCUT2D eigenvalue weighted by Crippen LogP contribution is 2.23. The van der Waals surface area contributed by atoms with Gasteiger partial charge in [-0.1, -0.05) is 30.7 Å². The second-order valence-corrected chi connectivity index (χ2v) is 7.94. The van der Waals surface area contributed by atoms with E-state index in [0.29, 0.717) is 6.54 Å².